The van der Waals surface area contributed by atoms with Crippen molar-refractivity contribution >= 4 is 17.3 Å². The maximum atomic E-state index is 11.3. The molecule has 0 fully saturated rings. The van der Waals surface area contributed by atoms with E-state index in [1.165, 1.54) is 11.3 Å². The summed E-state index contributed by atoms with van der Waals surface area (Å²) in [5.41, 5.74) is 0.246. The molecule has 0 bridgehead atoms. The molecule has 3 nitrogen and oxygen atoms in total. The minimum Gasteiger partial charge on any atom is -0.481 e. The highest BCUT2D eigenvalue weighted by molar-refractivity contribution is 7.09. The fraction of sp³-hybridized carbons (Fsp3) is 0.636. The number of aliphatic carboxylic acids is 1. The van der Waals surface area contributed by atoms with Gasteiger partial charge in [0.2, 0.25) is 0 Å². The van der Waals surface area contributed by atoms with E-state index in [0.29, 0.717) is 6.42 Å². The molecule has 1 rings (SSSR count). The molecule has 1 unspecified atom stereocenters. The Morgan fingerprint density at radius 2 is 2.27 bits per heavy atom. The van der Waals surface area contributed by atoms with Gasteiger partial charge in [0.05, 0.1) is 10.4 Å². The molecule has 0 saturated heterocycles. The van der Waals surface area contributed by atoms with Gasteiger partial charge in [-0.25, -0.2) is 4.98 Å². The first-order chi connectivity index (χ1) is 6.86. The van der Waals surface area contributed by atoms with Crippen molar-refractivity contribution in [2.75, 3.05) is 0 Å². The van der Waals surface area contributed by atoms with Gasteiger partial charge >= 0.3 is 5.97 Å². The molecule has 0 aliphatic rings. The maximum Gasteiger partial charge on any atom is 0.310 e. The lowest BCUT2D eigenvalue weighted by molar-refractivity contribution is -0.150. The molecule has 0 aliphatic heterocycles. The summed E-state index contributed by atoms with van der Waals surface area (Å²) in [6.45, 7) is 7.59. The van der Waals surface area contributed by atoms with Crippen LogP contribution < -0.4 is 0 Å². The third-order valence-corrected chi connectivity index (χ3v) is 3.91. The molecule has 0 aliphatic carbocycles. The van der Waals surface area contributed by atoms with Crippen LogP contribution in [-0.2, 0) is 11.2 Å². The van der Waals surface area contributed by atoms with E-state index in [2.05, 4.69) is 4.98 Å². The topological polar surface area (TPSA) is 50.2 Å². The van der Waals surface area contributed by atoms with Gasteiger partial charge < -0.3 is 5.11 Å². The molecule has 0 spiro atoms. The number of carboxylic acid groups (broad SMARTS) is 1. The van der Waals surface area contributed by atoms with Crippen LogP contribution in [0.25, 0.3) is 0 Å². The third-order valence-electron chi connectivity index (χ3n) is 2.95. The molecule has 0 aromatic carbocycles. The maximum absolute atomic E-state index is 11.3. The van der Waals surface area contributed by atoms with Gasteiger partial charge in [-0.3, -0.25) is 4.79 Å². The van der Waals surface area contributed by atoms with Crippen LogP contribution in [0.3, 0.4) is 0 Å². The van der Waals surface area contributed by atoms with Crippen molar-refractivity contribution in [1.29, 1.82) is 0 Å². The zero-order valence-corrected chi connectivity index (χ0v) is 10.4. The summed E-state index contributed by atoms with van der Waals surface area (Å²) < 4.78 is 0. The van der Waals surface area contributed by atoms with Crippen molar-refractivity contribution in [3.05, 3.63) is 16.1 Å². The molecular formula is C11H17NO2S. The third kappa shape index (κ3) is 2.56. The fourth-order valence-electron chi connectivity index (χ4n) is 1.32. The van der Waals surface area contributed by atoms with E-state index in [4.69, 9.17) is 0 Å². The van der Waals surface area contributed by atoms with Gasteiger partial charge in [-0.05, 0) is 19.8 Å². The Hall–Kier alpha value is -0.900. The number of thiazole rings is 1. The van der Waals surface area contributed by atoms with Gasteiger partial charge in [-0.15, -0.1) is 11.3 Å². The highest BCUT2D eigenvalue weighted by Gasteiger charge is 2.37. The van der Waals surface area contributed by atoms with Crippen molar-refractivity contribution in [3.8, 4) is 0 Å². The van der Waals surface area contributed by atoms with Crippen molar-refractivity contribution < 1.29 is 9.90 Å². The van der Waals surface area contributed by atoms with E-state index >= 15 is 0 Å². The molecule has 15 heavy (non-hydrogen) atoms. The van der Waals surface area contributed by atoms with Gasteiger partial charge in [0.1, 0.15) is 0 Å². The number of nitrogens with zero attached hydrogens (tertiary/aromatic N) is 1. The molecule has 1 heterocycles. The van der Waals surface area contributed by atoms with E-state index in [0.717, 1.165) is 10.7 Å². The van der Waals surface area contributed by atoms with Crippen LogP contribution in [0.1, 0.15) is 31.5 Å². The largest absolute Gasteiger partial charge is 0.481 e. The lowest BCUT2D eigenvalue weighted by atomic mass is 9.76. The Balaban J connectivity index is 2.89. The molecule has 4 heteroatoms. The number of carbonyl (C=O) groups is 1. The Labute approximate surface area is 94.2 Å². The van der Waals surface area contributed by atoms with E-state index in [1.54, 1.807) is 6.92 Å². The molecular weight excluding hydrogens is 210 g/mol. The second kappa shape index (κ2) is 4.31. The van der Waals surface area contributed by atoms with Gasteiger partial charge in [0, 0.05) is 17.5 Å². The average Bonchev–Trinajstić information content (AvgIpc) is 2.50. The number of aromatic nitrogens is 1. The smallest absolute Gasteiger partial charge is 0.310 e. The minimum atomic E-state index is -0.745. The van der Waals surface area contributed by atoms with Gasteiger partial charge in [0.15, 0.2) is 0 Å². The van der Waals surface area contributed by atoms with Crippen LogP contribution in [-0.4, -0.2) is 16.1 Å². The fourth-order valence-corrected chi connectivity index (χ4v) is 2.26. The highest BCUT2D eigenvalue weighted by Crippen LogP contribution is 2.32. The first-order valence-corrected chi connectivity index (χ1v) is 5.88. The average molecular weight is 227 g/mol. The van der Waals surface area contributed by atoms with E-state index in [-0.39, 0.29) is 5.92 Å². The summed E-state index contributed by atoms with van der Waals surface area (Å²) >= 11 is 1.54. The van der Waals surface area contributed by atoms with E-state index in [1.807, 2.05) is 26.2 Å². The zero-order chi connectivity index (χ0) is 11.6. The van der Waals surface area contributed by atoms with Crippen LogP contribution in [0.15, 0.2) is 5.38 Å². The molecule has 1 aromatic rings. The quantitative estimate of drug-likeness (QED) is 0.860. The Morgan fingerprint density at radius 3 is 2.60 bits per heavy atom. The lowest BCUT2D eigenvalue weighted by Crippen LogP contribution is -2.35. The molecule has 1 N–H and O–H groups in total. The first-order valence-electron chi connectivity index (χ1n) is 5.00. The van der Waals surface area contributed by atoms with Crippen molar-refractivity contribution in [3.63, 3.8) is 0 Å². The van der Waals surface area contributed by atoms with Crippen LogP contribution in [0.2, 0.25) is 0 Å². The first kappa shape index (κ1) is 12.2. The van der Waals surface area contributed by atoms with E-state index < -0.39 is 11.4 Å². The Kier molecular flexibility index (Phi) is 3.50. The molecule has 0 saturated carbocycles. The van der Waals surface area contributed by atoms with Gasteiger partial charge in [-0.2, -0.15) is 0 Å². The normalized spacial score (nSPS) is 15.3. The van der Waals surface area contributed by atoms with Crippen LogP contribution >= 0.6 is 11.3 Å². The molecule has 0 amide bonds. The molecule has 1 atom stereocenters. The zero-order valence-electron chi connectivity index (χ0n) is 9.57. The predicted octanol–water partition coefficient (Wildman–Crippen LogP) is 2.74. The second-order valence-electron chi connectivity index (χ2n) is 4.44. The van der Waals surface area contributed by atoms with Crippen molar-refractivity contribution in [2.45, 2.75) is 34.1 Å². The Bertz CT molecular complexity index is 359. The summed E-state index contributed by atoms with van der Waals surface area (Å²) in [7, 11) is 0. The van der Waals surface area contributed by atoms with Crippen LogP contribution in [0, 0.1) is 18.3 Å². The van der Waals surface area contributed by atoms with E-state index in [9.17, 15) is 9.90 Å². The number of carboxylic acids is 1. The summed E-state index contributed by atoms with van der Waals surface area (Å²) in [5, 5.41) is 12.1. The highest BCUT2D eigenvalue weighted by atomic mass is 32.1. The summed E-state index contributed by atoms with van der Waals surface area (Å²) in [6, 6.07) is 0. The predicted molar refractivity (Wildman–Crippen MR) is 61.1 cm³/mol. The second-order valence-corrected chi connectivity index (χ2v) is 5.38. The molecule has 84 valence electrons. The standard InChI is InChI=1S/C11H17NO2S/c1-7(2)11(4,10(13)14)5-9-12-8(3)6-15-9/h6-7H,5H2,1-4H3,(H,13,14). The number of rotatable bonds is 4. The van der Waals surface area contributed by atoms with Gasteiger partial charge in [0.25, 0.3) is 0 Å². The summed E-state index contributed by atoms with van der Waals surface area (Å²) in [6.07, 6.45) is 0.512. The number of hydrogen-bond donors (Lipinski definition) is 1. The Morgan fingerprint density at radius 1 is 1.67 bits per heavy atom. The summed E-state index contributed by atoms with van der Waals surface area (Å²) in [4.78, 5) is 15.6. The number of aryl methyl sites for hydroxylation is 1. The summed E-state index contributed by atoms with van der Waals surface area (Å²) in [5.74, 6) is -0.649. The van der Waals surface area contributed by atoms with Crippen molar-refractivity contribution in [1.82, 2.24) is 4.98 Å². The molecule has 0 radical (unpaired) electrons. The number of hydrogen-bond acceptors (Lipinski definition) is 3. The van der Waals surface area contributed by atoms with Crippen molar-refractivity contribution in [2.24, 2.45) is 11.3 Å². The van der Waals surface area contributed by atoms with Gasteiger partial charge in [-0.1, -0.05) is 13.8 Å². The van der Waals surface area contributed by atoms with Crippen LogP contribution in [0.4, 0.5) is 0 Å². The molecule has 1 aromatic heterocycles. The minimum absolute atomic E-state index is 0.0965. The monoisotopic (exact) mass is 227 g/mol. The SMILES string of the molecule is Cc1csc(CC(C)(C(=O)O)C(C)C)n1. The lowest BCUT2D eigenvalue weighted by Gasteiger charge is -2.27. The van der Waals surface area contributed by atoms with Crippen LogP contribution in [0.5, 0.6) is 0 Å².